The lowest BCUT2D eigenvalue weighted by molar-refractivity contribution is 0.903. The van der Waals surface area contributed by atoms with Gasteiger partial charge in [-0.2, -0.15) is 0 Å². The first kappa shape index (κ1) is 14.1. The van der Waals surface area contributed by atoms with Crippen molar-refractivity contribution in [3.63, 3.8) is 0 Å². The number of nitrogens with zero attached hydrogens (tertiary/aromatic N) is 1. The first-order valence-corrected chi connectivity index (χ1v) is 7.35. The molecule has 0 aliphatic heterocycles. The highest BCUT2D eigenvalue weighted by atomic mass is 15.2. The van der Waals surface area contributed by atoms with Crippen LogP contribution in [0.3, 0.4) is 0 Å². The van der Waals surface area contributed by atoms with Gasteiger partial charge < -0.3 is 10.3 Å². The van der Waals surface area contributed by atoms with Crippen LogP contribution in [0, 0.1) is 5.41 Å². The first-order valence-electron chi connectivity index (χ1n) is 7.35. The maximum atomic E-state index is 7.96. The SMILES string of the molecule is N=CC(c1ccccc1)N(c1ccccc1)c1ccccc1. The van der Waals surface area contributed by atoms with Gasteiger partial charge >= 0.3 is 0 Å². The van der Waals surface area contributed by atoms with Gasteiger partial charge in [0, 0.05) is 17.6 Å². The average Bonchev–Trinajstić information content (AvgIpc) is 2.62. The monoisotopic (exact) mass is 286 g/mol. The minimum absolute atomic E-state index is 0.133. The van der Waals surface area contributed by atoms with Gasteiger partial charge in [-0.1, -0.05) is 66.7 Å². The Hall–Kier alpha value is -2.87. The van der Waals surface area contributed by atoms with E-state index in [0.29, 0.717) is 0 Å². The van der Waals surface area contributed by atoms with Crippen LogP contribution in [0.4, 0.5) is 11.4 Å². The number of benzene rings is 3. The lowest BCUT2D eigenvalue weighted by atomic mass is 10.0. The van der Waals surface area contributed by atoms with E-state index in [0.717, 1.165) is 16.9 Å². The molecule has 0 heterocycles. The molecule has 0 spiro atoms. The molecule has 2 heteroatoms. The fraction of sp³-hybridized carbons (Fsp3) is 0.0500. The quantitative estimate of drug-likeness (QED) is 0.640. The predicted octanol–water partition coefficient (Wildman–Crippen LogP) is 5.22. The summed E-state index contributed by atoms with van der Waals surface area (Å²) in [6.45, 7) is 0. The summed E-state index contributed by atoms with van der Waals surface area (Å²) in [5.74, 6) is 0. The first-order chi connectivity index (χ1) is 10.9. The average molecular weight is 286 g/mol. The van der Waals surface area contributed by atoms with Gasteiger partial charge in [-0.05, 0) is 29.8 Å². The van der Waals surface area contributed by atoms with Gasteiger partial charge in [0.2, 0.25) is 0 Å². The van der Waals surface area contributed by atoms with Gasteiger partial charge in [0.25, 0.3) is 0 Å². The van der Waals surface area contributed by atoms with E-state index in [4.69, 9.17) is 5.41 Å². The summed E-state index contributed by atoms with van der Waals surface area (Å²) in [4.78, 5) is 2.18. The highest BCUT2D eigenvalue weighted by Crippen LogP contribution is 2.33. The largest absolute Gasteiger partial charge is 0.329 e. The third kappa shape index (κ3) is 2.91. The Labute approximate surface area is 131 Å². The second-order valence-electron chi connectivity index (χ2n) is 5.06. The normalized spacial score (nSPS) is 11.6. The Kier molecular flexibility index (Phi) is 4.30. The number of rotatable bonds is 5. The van der Waals surface area contributed by atoms with Crippen molar-refractivity contribution in [2.45, 2.75) is 6.04 Å². The summed E-state index contributed by atoms with van der Waals surface area (Å²) in [5, 5.41) is 7.96. The minimum atomic E-state index is -0.133. The maximum Gasteiger partial charge on any atom is 0.0939 e. The van der Waals surface area contributed by atoms with Crippen molar-refractivity contribution in [3.05, 3.63) is 96.6 Å². The molecule has 0 aromatic heterocycles. The van der Waals surface area contributed by atoms with Crippen LogP contribution in [0.5, 0.6) is 0 Å². The molecule has 0 saturated carbocycles. The van der Waals surface area contributed by atoms with E-state index in [1.807, 2.05) is 54.6 Å². The minimum Gasteiger partial charge on any atom is -0.329 e. The van der Waals surface area contributed by atoms with Crippen LogP contribution < -0.4 is 4.90 Å². The number of hydrogen-bond acceptors (Lipinski definition) is 2. The van der Waals surface area contributed by atoms with Crippen molar-refractivity contribution in [1.29, 1.82) is 5.41 Å². The van der Waals surface area contributed by atoms with Crippen LogP contribution >= 0.6 is 0 Å². The van der Waals surface area contributed by atoms with Crippen LogP contribution in [-0.2, 0) is 0 Å². The third-order valence-electron chi connectivity index (χ3n) is 3.65. The van der Waals surface area contributed by atoms with Crippen LogP contribution in [0.2, 0.25) is 0 Å². The van der Waals surface area contributed by atoms with Crippen molar-refractivity contribution in [2.24, 2.45) is 0 Å². The Balaban J connectivity index is 2.11. The number of hydrogen-bond donors (Lipinski definition) is 1. The summed E-state index contributed by atoms with van der Waals surface area (Å²) < 4.78 is 0. The number of anilines is 2. The zero-order valence-corrected chi connectivity index (χ0v) is 12.3. The van der Waals surface area contributed by atoms with Crippen molar-refractivity contribution in [2.75, 3.05) is 4.90 Å². The summed E-state index contributed by atoms with van der Waals surface area (Å²) in [6, 6.07) is 30.4. The molecular formula is C20H18N2. The fourth-order valence-corrected chi connectivity index (χ4v) is 2.62. The molecule has 3 aromatic rings. The van der Waals surface area contributed by atoms with E-state index in [9.17, 15) is 0 Å². The Morgan fingerprint density at radius 1 is 0.636 bits per heavy atom. The van der Waals surface area contributed by atoms with Gasteiger partial charge in [-0.3, -0.25) is 0 Å². The smallest absolute Gasteiger partial charge is 0.0939 e. The molecule has 0 saturated heterocycles. The Morgan fingerprint density at radius 2 is 1.05 bits per heavy atom. The van der Waals surface area contributed by atoms with E-state index in [-0.39, 0.29) is 6.04 Å². The van der Waals surface area contributed by atoms with Crippen LogP contribution in [-0.4, -0.2) is 6.21 Å². The molecule has 0 amide bonds. The van der Waals surface area contributed by atoms with Crippen LogP contribution in [0.1, 0.15) is 11.6 Å². The molecule has 3 aromatic carbocycles. The fourth-order valence-electron chi connectivity index (χ4n) is 2.62. The zero-order valence-electron chi connectivity index (χ0n) is 12.3. The molecule has 3 rings (SSSR count). The van der Waals surface area contributed by atoms with E-state index >= 15 is 0 Å². The van der Waals surface area contributed by atoms with E-state index in [1.54, 1.807) is 0 Å². The van der Waals surface area contributed by atoms with Crippen molar-refractivity contribution >= 4 is 17.6 Å². The molecule has 0 fully saturated rings. The molecular weight excluding hydrogens is 268 g/mol. The molecule has 0 bridgehead atoms. The van der Waals surface area contributed by atoms with Crippen LogP contribution in [0.25, 0.3) is 0 Å². The van der Waals surface area contributed by atoms with Crippen LogP contribution in [0.15, 0.2) is 91.0 Å². The maximum absolute atomic E-state index is 7.96. The van der Waals surface area contributed by atoms with Gasteiger partial charge in [-0.15, -0.1) is 0 Å². The molecule has 2 nitrogen and oxygen atoms in total. The lowest BCUT2D eigenvalue weighted by Gasteiger charge is -2.31. The highest BCUT2D eigenvalue weighted by molar-refractivity contribution is 5.77. The number of nitrogens with one attached hydrogen (secondary N) is 1. The molecule has 0 aliphatic rings. The van der Waals surface area contributed by atoms with Crippen molar-refractivity contribution in [1.82, 2.24) is 0 Å². The summed E-state index contributed by atoms with van der Waals surface area (Å²) >= 11 is 0. The molecule has 0 aliphatic carbocycles. The standard InChI is InChI=1S/C20H18N2/c21-16-20(17-10-4-1-5-11-17)22(18-12-6-2-7-13-18)19-14-8-3-9-15-19/h1-16,20-21H. The summed E-state index contributed by atoms with van der Waals surface area (Å²) in [7, 11) is 0. The second kappa shape index (κ2) is 6.72. The molecule has 1 N–H and O–H groups in total. The summed E-state index contributed by atoms with van der Waals surface area (Å²) in [5.41, 5.74) is 3.25. The highest BCUT2D eigenvalue weighted by Gasteiger charge is 2.20. The molecule has 108 valence electrons. The van der Waals surface area contributed by atoms with Gasteiger partial charge in [0.1, 0.15) is 0 Å². The van der Waals surface area contributed by atoms with E-state index in [1.165, 1.54) is 6.21 Å². The number of para-hydroxylation sites is 2. The second-order valence-corrected chi connectivity index (χ2v) is 5.06. The lowest BCUT2D eigenvalue weighted by Crippen LogP contribution is -2.24. The predicted molar refractivity (Wildman–Crippen MR) is 93.0 cm³/mol. The summed E-state index contributed by atoms with van der Waals surface area (Å²) in [6.07, 6.45) is 1.50. The van der Waals surface area contributed by atoms with Gasteiger partial charge in [-0.25, -0.2) is 0 Å². The molecule has 1 atom stereocenters. The topological polar surface area (TPSA) is 27.1 Å². The zero-order chi connectivity index (χ0) is 15.2. The van der Waals surface area contributed by atoms with Gasteiger partial charge in [0.05, 0.1) is 6.04 Å². The van der Waals surface area contributed by atoms with Gasteiger partial charge in [0.15, 0.2) is 0 Å². The Morgan fingerprint density at radius 3 is 1.45 bits per heavy atom. The van der Waals surface area contributed by atoms with Crippen molar-refractivity contribution in [3.8, 4) is 0 Å². The molecule has 0 radical (unpaired) electrons. The van der Waals surface area contributed by atoms with E-state index < -0.39 is 0 Å². The third-order valence-corrected chi connectivity index (χ3v) is 3.65. The van der Waals surface area contributed by atoms with E-state index in [2.05, 4.69) is 41.3 Å². The molecule has 22 heavy (non-hydrogen) atoms. The Bertz CT molecular complexity index is 669. The van der Waals surface area contributed by atoms with Crippen molar-refractivity contribution < 1.29 is 0 Å². The molecule has 1 unspecified atom stereocenters.